The van der Waals surface area contributed by atoms with Crippen molar-refractivity contribution in [3.8, 4) is 0 Å². The van der Waals surface area contributed by atoms with Gasteiger partial charge in [0.25, 0.3) is 5.91 Å². The molecule has 1 fully saturated rings. The van der Waals surface area contributed by atoms with Crippen molar-refractivity contribution in [1.29, 1.82) is 0 Å². The molecular weight excluding hydrogens is 316 g/mol. The molecule has 1 aromatic carbocycles. The molecule has 1 amide bonds. The average molecular weight is 344 g/mol. The monoisotopic (exact) mass is 344 g/mol. The Morgan fingerprint density at radius 2 is 2.12 bits per heavy atom. The largest absolute Gasteiger partial charge is 0.451 e. The number of nitrogens with one attached hydrogen (secondary N) is 1. The van der Waals surface area contributed by atoms with Crippen LogP contribution in [0.25, 0.3) is 11.0 Å². The molecule has 0 atom stereocenters. The molecule has 1 saturated heterocycles. The van der Waals surface area contributed by atoms with Crippen LogP contribution in [0.4, 0.5) is 0 Å². The van der Waals surface area contributed by atoms with E-state index in [0.29, 0.717) is 12.3 Å². The summed E-state index contributed by atoms with van der Waals surface area (Å²) >= 11 is 0. The third kappa shape index (κ3) is 4.22. The predicted molar refractivity (Wildman–Crippen MR) is 99.0 cm³/mol. The number of furan rings is 1. The molecule has 0 spiro atoms. The summed E-state index contributed by atoms with van der Waals surface area (Å²) in [7, 11) is 0. The summed E-state index contributed by atoms with van der Waals surface area (Å²) in [4.78, 5) is 14.7. The highest BCUT2D eigenvalue weighted by molar-refractivity contribution is 5.99. The zero-order valence-electron chi connectivity index (χ0n) is 15.2. The van der Waals surface area contributed by atoms with Crippen LogP contribution in [0.2, 0.25) is 0 Å². The Labute approximate surface area is 149 Å². The van der Waals surface area contributed by atoms with E-state index in [9.17, 15) is 9.90 Å². The summed E-state index contributed by atoms with van der Waals surface area (Å²) in [5.74, 6) is 0.264. The zero-order valence-corrected chi connectivity index (χ0v) is 15.2. The summed E-state index contributed by atoms with van der Waals surface area (Å²) in [6.45, 7) is 7.28. The summed E-state index contributed by atoms with van der Waals surface area (Å²) < 4.78 is 5.79. The zero-order chi connectivity index (χ0) is 17.8. The minimum atomic E-state index is -0.165. The quantitative estimate of drug-likeness (QED) is 0.846. The van der Waals surface area contributed by atoms with Gasteiger partial charge in [-0.2, -0.15) is 0 Å². The van der Waals surface area contributed by atoms with Crippen molar-refractivity contribution in [2.24, 2.45) is 0 Å². The SMILES string of the molecule is CCCc1ccc2oc(C(=O)NCCN3CCC(O)CC3)c(C)c2c1. The van der Waals surface area contributed by atoms with Crippen LogP contribution in [-0.2, 0) is 6.42 Å². The second kappa shape index (κ2) is 8.02. The highest BCUT2D eigenvalue weighted by Gasteiger charge is 2.19. The number of piperidine rings is 1. The lowest BCUT2D eigenvalue weighted by Crippen LogP contribution is -2.40. The van der Waals surface area contributed by atoms with Gasteiger partial charge in [-0.25, -0.2) is 0 Å². The first kappa shape index (κ1) is 18.0. The van der Waals surface area contributed by atoms with Crippen LogP contribution in [-0.4, -0.2) is 48.2 Å². The number of aliphatic hydroxyl groups excluding tert-OH is 1. The van der Waals surface area contributed by atoms with Crippen LogP contribution in [0, 0.1) is 6.92 Å². The second-order valence-electron chi connectivity index (χ2n) is 6.97. The van der Waals surface area contributed by atoms with E-state index in [-0.39, 0.29) is 12.0 Å². The van der Waals surface area contributed by atoms with Gasteiger partial charge >= 0.3 is 0 Å². The van der Waals surface area contributed by atoms with Crippen molar-refractivity contribution in [1.82, 2.24) is 10.2 Å². The third-order valence-corrected chi connectivity index (χ3v) is 5.02. The Bertz CT molecular complexity index is 730. The molecular formula is C20H28N2O3. The Kier molecular flexibility index (Phi) is 5.76. The lowest BCUT2D eigenvalue weighted by atomic mass is 10.1. The normalized spacial score (nSPS) is 16.4. The molecule has 5 heteroatoms. The number of hydrogen-bond donors (Lipinski definition) is 2. The minimum Gasteiger partial charge on any atom is -0.451 e. The highest BCUT2D eigenvalue weighted by Crippen LogP contribution is 2.26. The maximum Gasteiger partial charge on any atom is 0.287 e. The van der Waals surface area contributed by atoms with Crippen molar-refractivity contribution in [2.75, 3.05) is 26.2 Å². The Balaban J connectivity index is 1.61. The molecule has 0 bridgehead atoms. The summed E-state index contributed by atoms with van der Waals surface area (Å²) in [6, 6.07) is 6.16. The number of carbonyl (C=O) groups is 1. The molecule has 2 aromatic rings. The summed E-state index contributed by atoms with van der Waals surface area (Å²) in [5, 5.41) is 13.5. The molecule has 0 saturated carbocycles. The molecule has 0 radical (unpaired) electrons. The van der Waals surface area contributed by atoms with E-state index in [1.54, 1.807) is 0 Å². The predicted octanol–water partition coefficient (Wildman–Crippen LogP) is 2.88. The minimum absolute atomic E-state index is 0.150. The first-order valence-corrected chi connectivity index (χ1v) is 9.29. The number of amides is 1. The first-order chi connectivity index (χ1) is 12.1. The smallest absolute Gasteiger partial charge is 0.287 e. The lowest BCUT2D eigenvalue weighted by Gasteiger charge is -2.29. The van der Waals surface area contributed by atoms with Crippen LogP contribution in [0.3, 0.4) is 0 Å². The second-order valence-corrected chi connectivity index (χ2v) is 6.97. The molecule has 25 heavy (non-hydrogen) atoms. The van der Waals surface area contributed by atoms with Crippen molar-refractivity contribution < 1.29 is 14.3 Å². The van der Waals surface area contributed by atoms with Gasteiger partial charge < -0.3 is 19.7 Å². The summed E-state index contributed by atoms with van der Waals surface area (Å²) in [6.07, 6.45) is 3.60. The van der Waals surface area contributed by atoms with Gasteiger partial charge in [-0.15, -0.1) is 0 Å². The maximum atomic E-state index is 12.5. The van der Waals surface area contributed by atoms with Gasteiger partial charge in [0, 0.05) is 37.1 Å². The molecule has 5 nitrogen and oxygen atoms in total. The molecule has 136 valence electrons. The topological polar surface area (TPSA) is 65.7 Å². The maximum absolute atomic E-state index is 12.5. The van der Waals surface area contributed by atoms with Gasteiger partial charge in [-0.3, -0.25) is 4.79 Å². The van der Waals surface area contributed by atoms with Gasteiger partial charge in [0.2, 0.25) is 0 Å². The Morgan fingerprint density at radius 1 is 1.36 bits per heavy atom. The molecule has 1 aromatic heterocycles. The van der Waals surface area contributed by atoms with E-state index < -0.39 is 0 Å². The molecule has 2 N–H and O–H groups in total. The third-order valence-electron chi connectivity index (χ3n) is 5.02. The number of aryl methyl sites for hydroxylation is 2. The molecule has 0 unspecified atom stereocenters. The van der Waals surface area contributed by atoms with E-state index in [2.05, 4.69) is 29.3 Å². The number of fused-ring (bicyclic) bond motifs is 1. The average Bonchev–Trinajstić information content (AvgIpc) is 2.94. The van der Waals surface area contributed by atoms with Gasteiger partial charge in [0.05, 0.1) is 6.10 Å². The van der Waals surface area contributed by atoms with E-state index in [4.69, 9.17) is 4.42 Å². The molecule has 1 aliphatic rings. The first-order valence-electron chi connectivity index (χ1n) is 9.29. The lowest BCUT2D eigenvalue weighted by molar-refractivity contribution is 0.0798. The van der Waals surface area contributed by atoms with Crippen LogP contribution in [0.15, 0.2) is 22.6 Å². The van der Waals surface area contributed by atoms with Crippen LogP contribution in [0.1, 0.15) is 47.9 Å². The van der Waals surface area contributed by atoms with Crippen LogP contribution in [0.5, 0.6) is 0 Å². The summed E-state index contributed by atoms with van der Waals surface area (Å²) in [5.41, 5.74) is 2.96. The molecule has 3 rings (SSSR count). The fourth-order valence-corrected chi connectivity index (χ4v) is 3.48. The van der Waals surface area contributed by atoms with Gasteiger partial charge in [0.1, 0.15) is 5.58 Å². The number of rotatable bonds is 6. The number of nitrogens with zero attached hydrogens (tertiary/aromatic N) is 1. The Hall–Kier alpha value is -1.85. The molecule has 0 aliphatic carbocycles. The van der Waals surface area contributed by atoms with E-state index in [1.807, 2.05) is 13.0 Å². The molecule has 1 aliphatic heterocycles. The number of carbonyl (C=O) groups excluding carboxylic acids is 1. The van der Waals surface area contributed by atoms with Crippen molar-refractivity contribution in [2.45, 2.75) is 45.6 Å². The van der Waals surface area contributed by atoms with Gasteiger partial charge in [0.15, 0.2) is 5.76 Å². The van der Waals surface area contributed by atoms with E-state index >= 15 is 0 Å². The van der Waals surface area contributed by atoms with Gasteiger partial charge in [-0.1, -0.05) is 19.4 Å². The van der Waals surface area contributed by atoms with Crippen molar-refractivity contribution >= 4 is 16.9 Å². The van der Waals surface area contributed by atoms with E-state index in [1.165, 1.54) is 5.56 Å². The number of hydrogen-bond acceptors (Lipinski definition) is 4. The Morgan fingerprint density at radius 3 is 2.84 bits per heavy atom. The molecule has 2 heterocycles. The van der Waals surface area contributed by atoms with Crippen LogP contribution < -0.4 is 5.32 Å². The van der Waals surface area contributed by atoms with Gasteiger partial charge in [-0.05, 0) is 43.9 Å². The van der Waals surface area contributed by atoms with Crippen LogP contribution >= 0.6 is 0 Å². The van der Waals surface area contributed by atoms with E-state index in [0.717, 1.165) is 61.9 Å². The number of benzene rings is 1. The standard InChI is InChI=1S/C20H28N2O3/c1-3-4-15-5-6-18-17(13-15)14(2)19(25-18)20(24)21-9-12-22-10-7-16(23)8-11-22/h5-6,13,16,23H,3-4,7-12H2,1-2H3,(H,21,24). The fourth-order valence-electron chi connectivity index (χ4n) is 3.48. The fraction of sp³-hybridized carbons (Fsp3) is 0.550. The van der Waals surface area contributed by atoms with Crippen molar-refractivity contribution in [3.63, 3.8) is 0 Å². The van der Waals surface area contributed by atoms with Crippen molar-refractivity contribution in [3.05, 3.63) is 35.1 Å². The highest BCUT2D eigenvalue weighted by atomic mass is 16.3. The number of likely N-dealkylation sites (tertiary alicyclic amines) is 1. The number of aliphatic hydroxyl groups is 1.